The second kappa shape index (κ2) is 6.22. The summed E-state index contributed by atoms with van der Waals surface area (Å²) in [6, 6.07) is 13.3. The summed E-state index contributed by atoms with van der Waals surface area (Å²) in [6.07, 6.45) is 0. The maximum atomic E-state index is 12.8. The number of rotatable bonds is 4. The predicted molar refractivity (Wildman–Crippen MR) is 73.2 cm³/mol. The molecule has 20 heavy (non-hydrogen) atoms. The first kappa shape index (κ1) is 14.1. The average Bonchev–Trinajstić information content (AvgIpc) is 2.48. The van der Waals surface area contributed by atoms with Crippen molar-refractivity contribution in [3.63, 3.8) is 0 Å². The van der Waals surface area contributed by atoms with Crippen LogP contribution in [-0.2, 0) is 10.8 Å². The molecule has 0 bridgehead atoms. The highest BCUT2D eigenvalue weighted by Gasteiger charge is 2.12. The van der Waals surface area contributed by atoms with E-state index in [0.717, 1.165) is 0 Å². The van der Waals surface area contributed by atoms with Gasteiger partial charge in [-0.05, 0) is 36.4 Å². The summed E-state index contributed by atoms with van der Waals surface area (Å²) < 4.78 is 24.7. The van der Waals surface area contributed by atoms with Gasteiger partial charge < -0.3 is 0 Å². The van der Waals surface area contributed by atoms with E-state index < -0.39 is 16.6 Å². The number of hydrogen-bond donors (Lipinski definition) is 0. The maximum absolute atomic E-state index is 12.8. The Balaban J connectivity index is 2.09. The molecule has 5 heteroatoms. The summed E-state index contributed by atoms with van der Waals surface area (Å²) in [4.78, 5) is 12.4. The van der Waals surface area contributed by atoms with E-state index in [0.29, 0.717) is 16.0 Å². The first-order valence-corrected chi connectivity index (χ1v) is 7.09. The van der Waals surface area contributed by atoms with E-state index in [1.54, 1.807) is 0 Å². The van der Waals surface area contributed by atoms with Gasteiger partial charge in [0.2, 0.25) is 0 Å². The molecule has 0 spiro atoms. The lowest BCUT2D eigenvalue weighted by Gasteiger charge is -2.02. The van der Waals surface area contributed by atoms with Gasteiger partial charge >= 0.3 is 0 Å². The van der Waals surface area contributed by atoms with Crippen LogP contribution in [-0.4, -0.2) is 15.7 Å². The Morgan fingerprint density at radius 3 is 2.25 bits per heavy atom. The van der Waals surface area contributed by atoms with Crippen LogP contribution in [0, 0.1) is 17.1 Å². The van der Waals surface area contributed by atoms with E-state index in [4.69, 9.17) is 5.26 Å². The Kier molecular flexibility index (Phi) is 4.38. The smallest absolute Gasteiger partial charge is 0.175 e. The summed E-state index contributed by atoms with van der Waals surface area (Å²) in [7, 11) is -1.51. The molecule has 1 unspecified atom stereocenters. The zero-order valence-electron chi connectivity index (χ0n) is 10.4. The predicted octanol–water partition coefficient (Wildman–Crippen LogP) is 2.69. The molecule has 0 fully saturated rings. The van der Waals surface area contributed by atoms with Crippen molar-refractivity contribution in [2.24, 2.45) is 0 Å². The van der Waals surface area contributed by atoms with Crippen molar-refractivity contribution in [3.8, 4) is 6.07 Å². The molecule has 3 nitrogen and oxygen atoms in total. The number of benzene rings is 2. The topological polar surface area (TPSA) is 57.9 Å². The second-order valence-corrected chi connectivity index (χ2v) is 5.51. The van der Waals surface area contributed by atoms with Gasteiger partial charge in [0.25, 0.3) is 0 Å². The van der Waals surface area contributed by atoms with Crippen LogP contribution in [0.3, 0.4) is 0 Å². The summed E-state index contributed by atoms with van der Waals surface area (Å²) in [5.74, 6) is -0.862. The number of nitrogens with zero attached hydrogens (tertiary/aromatic N) is 1. The highest BCUT2D eigenvalue weighted by Crippen LogP contribution is 2.11. The van der Waals surface area contributed by atoms with Crippen LogP contribution < -0.4 is 0 Å². The first-order valence-electron chi connectivity index (χ1n) is 5.77. The molecular formula is C15H10FNO2S. The third-order valence-corrected chi connectivity index (χ3v) is 4.00. The van der Waals surface area contributed by atoms with E-state index in [-0.39, 0.29) is 11.5 Å². The highest BCUT2D eigenvalue weighted by atomic mass is 32.2. The van der Waals surface area contributed by atoms with E-state index in [9.17, 15) is 13.4 Å². The zero-order valence-corrected chi connectivity index (χ0v) is 11.2. The van der Waals surface area contributed by atoms with Crippen molar-refractivity contribution in [1.29, 1.82) is 5.26 Å². The SMILES string of the molecule is N#Cc1ccc(C(=O)CS(=O)c2ccc(F)cc2)cc1. The van der Waals surface area contributed by atoms with E-state index in [1.807, 2.05) is 6.07 Å². The van der Waals surface area contributed by atoms with Gasteiger partial charge in [-0.3, -0.25) is 9.00 Å². The van der Waals surface area contributed by atoms with Gasteiger partial charge in [-0.25, -0.2) is 4.39 Å². The monoisotopic (exact) mass is 287 g/mol. The van der Waals surface area contributed by atoms with Crippen molar-refractivity contribution >= 4 is 16.6 Å². The maximum Gasteiger partial charge on any atom is 0.175 e. The van der Waals surface area contributed by atoms with Crippen LogP contribution in [0.4, 0.5) is 4.39 Å². The van der Waals surface area contributed by atoms with Crippen LogP contribution in [0.2, 0.25) is 0 Å². The molecule has 0 N–H and O–H groups in total. The molecule has 2 aromatic rings. The van der Waals surface area contributed by atoms with Crippen molar-refractivity contribution in [3.05, 3.63) is 65.5 Å². The lowest BCUT2D eigenvalue weighted by molar-refractivity contribution is 0.102. The summed E-state index contributed by atoms with van der Waals surface area (Å²) in [5, 5.41) is 8.67. The van der Waals surface area contributed by atoms with Gasteiger partial charge in [0.1, 0.15) is 5.82 Å². The first-order chi connectivity index (χ1) is 9.60. The van der Waals surface area contributed by atoms with Crippen LogP contribution in [0.5, 0.6) is 0 Å². The van der Waals surface area contributed by atoms with E-state index in [1.165, 1.54) is 48.5 Å². The number of carbonyl (C=O) groups is 1. The lowest BCUT2D eigenvalue weighted by atomic mass is 10.1. The fraction of sp³-hybridized carbons (Fsp3) is 0.0667. The molecule has 0 radical (unpaired) electrons. The molecule has 0 saturated carbocycles. The molecule has 0 amide bonds. The summed E-state index contributed by atoms with van der Waals surface area (Å²) in [6.45, 7) is 0. The highest BCUT2D eigenvalue weighted by molar-refractivity contribution is 7.85. The van der Waals surface area contributed by atoms with Gasteiger partial charge in [-0.1, -0.05) is 12.1 Å². The molecule has 100 valence electrons. The van der Waals surface area contributed by atoms with Gasteiger partial charge in [-0.15, -0.1) is 0 Å². The van der Waals surface area contributed by atoms with Crippen LogP contribution in [0.25, 0.3) is 0 Å². The van der Waals surface area contributed by atoms with Crippen molar-refractivity contribution in [1.82, 2.24) is 0 Å². The molecule has 0 aliphatic carbocycles. The molecule has 0 aromatic heterocycles. The van der Waals surface area contributed by atoms with Crippen LogP contribution in [0.15, 0.2) is 53.4 Å². The van der Waals surface area contributed by atoms with Gasteiger partial charge in [0.05, 0.1) is 28.2 Å². The molecular weight excluding hydrogens is 277 g/mol. The fourth-order valence-electron chi connectivity index (χ4n) is 1.60. The van der Waals surface area contributed by atoms with Gasteiger partial charge in [0, 0.05) is 10.5 Å². The number of halogens is 1. The van der Waals surface area contributed by atoms with Crippen LogP contribution >= 0.6 is 0 Å². The molecule has 0 heterocycles. The number of nitriles is 1. The average molecular weight is 287 g/mol. The minimum absolute atomic E-state index is 0.169. The standard InChI is InChI=1S/C15H10FNO2S/c16-13-5-7-14(8-6-13)20(19)10-15(18)12-3-1-11(9-17)2-4-12/h1-8H,10H2. The normalized spacial score (nSPS) is 11.6. The third-order valence-electron chi connectivity index (χ3n) is 2.67. The molecule has 0 aliphatic heterocycles. The third kappa shape index (κ3) is 3.37. The van der Waals surface area contributed by atoms with Crippen molar-refractivity contribution < 1.29 is 13.4 Å². The zero-order chi connectivity index (χ0) is 14.5. The molecule has 2 rings (SSSR count). The number of carbonyl (C=O) groups excluding carboxylic acids is 1. The molecule has 0 saturated heterocycles. The molecule has 2 aromatic carbocycles. The molecule has 1 atom stereocenters. The Morgan fingerprint density at radius 2 is 1.70 bits per heavy atom. The summed E-state index contributed by atoms with van der Waals surface area (Å²) >= 11 is 0. The molecule has 0 aliphatic rings. The van der Waals surface area contributed by atoms with Gasteiger partial charge in [-0.2, -0.15) is 5.26 Å². The second-order valence-electron chi connectivity index (χ2n) is 4.06. The summed E-state index contributed by atoms with van der Waals surface area (Å²) in [5.41, 5.74) is 0.862. The lowest BCUT2D eigenvalue weighted by Crippen LogP contribution is -2.11. The Morgan fingerprint density at radius 1 is 1.10 bits per heavy atom. The van der Waals surface area contributed by atoms with Crippen molar-refractivity contribution in [2.45, 2.75) is 4.90 Å². The number of Topliss-reactive ketones (excluding diaryl/α,β-unsaturated/α-hetero) is 1. The Bertz CT molecular complexity index is 687. The fourth-order valence-corrected chi connectivity index (χ4v) is 2.61. The van der Waals surface area contributed by atoms with E-state index in [2.05, 4.69) is 0 Å². The van der Waals surface area contributed by atoms with Crippen LogP contribution in [0.1, 0.15) is 15.9 Å². The van der Waals surface area contributed by atoms with Crippen molar-refractivity contribution in [2.75, 3.05) is 5.75 Å². The van der Waals surface area contributed by atoms with Gasteiger partial charge in [0.15, 0.2) is 5.78 Å². The quantitative estimate of drug-likeness (QED) is 0.812. The number of ketones is 1. The largest absolute Gasteiger partial charge is 0.293 e. The van der Waals surface area contributed by atoms with E-state index >= 15 is 0 Å². The number of hydrogen-bond acceptors (Lipinski definition) is 3. The minimum Gasteiger partial charge on any atom is -0.293 e. The minimum atomic E-state index is -1.51. The Labute approximate surface area is 118 Å². The Hall–Kier alpha value is -2.32.